The van der Waals surface area contributed by atoms with Gasteiger partial charge < -0.3 is 4.74 Å². The van der Waals surface area contributed by atoms with Crippen LogP contribution < -0.4 is 0 Å². The van der Waals surface area contributed by atoms with Crippen LogP contribution in [0.15, 0.2) is 42.6 Å². The number of pyridine rings is 1. The van der Waals surface area contributed by atoms with Crippen LogP contribution in [0, 0.1) is 11.8 Å². The lowest BCUT2D eigenvalue weighted by Gasteiger charge is -2.21. The number of benzene rings is 1. The third-order valence-corrected chi connectivity index (χ3v) is 5.00. The van der Waals surface area contributed by atoms with E-state index < -0.39 is 0 Å². The molecule has 0 spiro atoms. The number of carbonyl (C=O) groups is 1. The van der Waals surface area contributed by atoms with E-state index in [1.54, 1.807) is 6.20 Å². The molecule has 1 aromatic heterocycles. The number of hydrogen-bond donors (Lipinski definition) is 0. The minimum Gasteiger partial charge on any atom is -0.459 e. The van der Waals surface area contributed by atoms with Gasteiger partial charge in [0.05, 0.1) is 5.52 Å². The van der Waals surface area contributed by atoms with E-state index in [-0.39, 0.29) is 12.1 Å². The molecule has 0 radical (unpaired) electrons. The van der Waals surface area contributed by atoms with E-state index in [0.717, 1.165) is 28.8 Å². The normalized spacial score (nSPS) is 26.8. The molecule has 22 heavy (non-hydrogen) atoms. The van der Waals surface area contributed by atoms with Gasteiger partial charge in [-0.1, -0.05) is 24.3 Å². The lowest BCUT2D eigenvalue weighted by molar-refractivity contribution is -0.145. The number of esters is 1. The molecule has 112 valence electrons. The Kier molecular flexibility index (Phi) is 3.41. The number of fused-ring (bicyclic) bond motifs is 3. The zero-order chi connectivity index (χ0) is 14.9. The number of nitrogens with zero attached hydrogens (tertiary/aromatic N) is 1. The summed E-state index contributed by atoms with van der Waals surface area (Å²) in [4.78, 5) is 16.4. The standard InChI is InChI=1S/C19H19NO2/c21-18(22-17-12-13-6-7-16(17)11-13)9-8-15-4-1-3-14-5-2-10-20-19(14)15/h1-5,8-10,13,16-17H,6-7,11-12H2/b9-8+. The molecule has 0 aliphatic heterocycles. The number of carbonyl (C=O) groups excluding carboxylic acids is 1. The Bertz CT molecular complexity index is 732. The van der Waals surface area contributed by atoms with E-state index in [4.69, 9.17) is 4.74 Å². The number of ether oxygens (including phenoxy) is 1. The molecule has 2 bridgehead atoms. The lowest BCUT2D eigenvalue weighted by Crippen LogP contribution is -2.23. The fourth-order valence-electron chi connectivity index (χ4n) is 3.94. The molecule has 3 atom stereocenters. The summed E-state index contributed by atoms with van der Waals surface area (Å²) in [6, 6.07) is 9.90. The van der Waals surface area contributed by atoms with Gasteiger partial charge in [0.2, 0.25) is 0 Å². The zero-order valence-electron chi connectivity index (χ0n) is 12.4. The SMILES string of the molecule is O=C(/C=C/c1cccc2cccnc12)OC1CC2CCC1C2. The van der Waals surface area contributed by atoms with Crippen LogP contribution in [0.2, 0.25) is 0 Å². The van der Waals surface area contributed by atoms with Crippen LogP contribution in [0.3, 0.4) is 0 Å². The molecule has 3 nitrogen and oxygen atoms in total. The van der Waals surface area contributed by atoms with Gasteiger partial charge >= 0.3 is 5.97 Å². The second kappa shape index (κ2) is 5.56. The first kappa shape index (κ1) is 13.5. The Labute approximate surface area is 130 Å². The second-order valence-electron chi connectivity index (χ2n) is 6.41. The monoisotopic (exact) mass is 293 g/mol. The van der Waals surface area contributed by atoms with Crippen LogP contribution in [-0.4, -0.2) is 17.1 Å². The Morgan fingerprint density at radius 2 is 2.09 bits per heavy atom. The fraction of sp³-hybridized carbons (Fsp3) is 0.368. The van der Waals surface area contributed by atoms with Crippen LogP contribution in [0.1, 0.15) is 31.2 Å². The highest BCUT2D eigenvalue weighted by atomic mass is 16.5. The van der Waals surface area contributed by atoms with Gasteiger partial charge in [-0.3, -0.25) is 4.98 Å². The van der Waals surface area contributed by atoms with Crippen molar-refractivity contribution in [3.63, 3.8) is 0 Å². The summed E-state index contributed by atoms with van der Waals surface area (Å²) < 4.78 is 5.63. The maximum absolute atomic E-state index is 12.1. The average molecular weight is 293 g/mol. The third-order valence-electron chi connectivity index (χ3n) is 5.00. The first-order chi connectivity index (χ1) is 10.8. The number of para-hydroxylation sites is 1. The van der Waals surface area contributed by atoms with Gasteiger partial charge in [-0.05, 0) is 49.7 Å². The van der Waals surface area contributed by atoms with Crippen LogP contribution in [0.5, 0.6) is 0 Å². The molecule has 2 aromatic rings. The second-order valence-corrected chi connectivity index (χ2v) is 6.41. The topological polar surface area (TPSA) is 39.2 Å². The average Bonchev–Trinajstić information content (AvgIpc) is 3.15. The van der Waals surface area contributed by atoms with Gasteiger partial charge in [-0.25, -0.2) is 4.79 Å². The molecule has 2 saturated carbocycles. The van der Waals surface area contributed by atoms with E-state index >= 15 is 0 Å². The smallest absolute Gasteiger partial charge is 0.331 e. The maximum atomic E-state index is 12.1. The van der Waals surface area contributed by atoms with Crippen molar-refractivity contribution in [2.24, 2.45) is 11.8 Å². The van der Waals surface area contributed by atoms with Crippen molar-refractivity contribution >= 4 is 22.9 Å². The molecule has 2 aliphatic rings. The third kappa shape index (κ3) is 2.52. The summed E-state index contributed by atoms with van der Waals surface area (Å²) >= 11 is 0. The minimum absolute atomic E-state index is 0.140. The Balaban J connectivity index is 1.47. The first-order valence-corrected chi connectivity index (χ1v) is 8.02. The molecule has 4 rings (SSSR count). The summed E-state index contributed by atoms with van der Waals surface area (Å²) in [5, 5.41) is 1.08. The molecule has 3 unspecified atom stereocenters. The summed E-state index contributed by atoms with van der Waals surface area (Å²) in [6.45, 7) is 0. The highest BCUT2D eigenvalue weighted by molar-refractivity contribution is 5.92. The zero-order valence-corrected chi connectivity index (χ0v) is 12.4. The number of rotatable bonds is 3. The number of aromatic nitrogens is 1. The van der Waals surface area contributed by atoms with Crippen molar-refractivity contribution in [3.8, 4) is 0 Å². The van der Waals surface area contributed by atoms with Crippen LogP contribution in [0.25, 0.3) is 17.0 Å². The van der Waals surface area contributed by atoms with E-state index in [1.807, 2.05) is 36.4 Å². The van der Waals surface area contributed by atoms with Gasteiger partial charge in [-0.2, -0.15) is 0 Å². The van der Waals surface area contributed by atoms with Gasteiger partial charge in [0.25, 0.3) is 0 Å². The van der Waals surface area contributed by atoms with Crippen molar-refractivity contribution in [1.82, 2.24) is 4.98 Å². The Hall–Kier alpha value is -2.16. The highest BCUT2D eigenvalue weighted by Crippen LogP contribution is 2.45. The minimum atomic E-state index is -0.231. The maximum Gasteiger partial charge on any atom is 0.331 e. The summed E-state index contributed by atoms with van der Waals surface area (Å²) in [6.07, 6.45) is 10.1. The van der Waals surface area contributed by atoms with Gasteiger partial charge in [0.15, 0.2) is 0 Å². The van der Waals surface area contributed by atoms with Gasteiger partial charge in [-0.15, -0.1) is 0 Å². The van der Waals surface area contributed by atoms with E-state index in [1.165, 1.54) is 25.3 Å². The molecule has 2 aliphatic carbocycles. The molecular weight excluding hydrogens is 274 g/mol. The molecule has 1 heterocycles. The summed E-state index contributed by atoms with van der Waals surface area (Å²) in [7, 11) is 0. The summed E-state index contributed by atoms with van der Waals surface area (Å²) in [5.41, 5.74) is 1.86. The molecular formula is C19H19NO2. The van der Waals surface area contributed by atoms with Crippen LogP contribution >= 0.6 is 0 Å². The van der Waals surface area contributed by atoms with Crippen LogP contribution in [0.4, 0.5) is 0 Å². The Morgan fingerprint density at radius 1 is 1.18 bits per heavy atom. The molecule has 0 saturated heterocycles. The van der Waals surface area contributed by atoms with E-state index in [2.05, 4.69) is 4.98 Å². The van der Waals surface area contributed by atoms with Crippen molar-refractivity contribution in [2.75, 3.05) is 0 Å². The molecule has 0 N–H and O–H groups in total. The van der Waals surface area contributed by atoms with Crippen molar-refractivity contribution < 1.29 is 9.53 Å². The predicted molar refractivity (Wildman–Crippen MR) is 86.1 cm³/mol. The van der Waals surface area contributed by atoms with E-state index in [0.29, 0.717) is 5.92 Å². The first-order valence-electron chi connectivity index (χ1n) is 8.02. The van der Waals surface area contributed by atoms with Crippen molar-refractivity contribution in [3.05, 3.63) is 48.2 Å². The Morgan fingerprint density at radius 3 is 2.91 bits per heavy atom. The van der Waals surface area contributed by atoms with Gasteiger partial charge in [0.1, 0.15) is 6.10 Å². The molecule has 0 amide bonds. The number of hydrogen-bond acceptors (Lipinski definition) is 3. The quantitative estimate of drug-likeness (QED) is 0.634. The molecule has 3 heteroatoms. The molecule has 2 fully saturated rings. The lowest BCUT2D eigenvalue weighted by atomic mass is 9.98. The van der Waals surface area contributed by atoms with Crippen molar-refractivity contribution in [2.45, 2.75) is 31.8 Å². The van der Waals surface area contributed by atoms with Gasteiger partial charge in [0, 0.05) is 23.2 Å². The van der Waals surface area contributed by atoms with Crippen molar-refractivity contribution in [1.29, 1.82) is 0 Å². The largest absolute Gasteiger partial charge is 0.459 e. The summed E-state index contributed by atoms with van der Waals surface area (Å²) in [5.74, 6) is 1.15. The fourth-order valence-corrected chi connectivity index (χ4v) is 3.94. The molecule has 1 aromatic carbocycles. The predicted octanol–water partition coefficient (Wildman–Crippen LogP) is 3.98. The van der Waals surface area contributed by atoms with Crippen LogP contribution in [-0.2, 0) is 9.53 Å². The highest BCUT2D eigenvalue weighted by Gasteiger charge is 2.41. The van der Waals surface area contributed by atoms with E-state index in [9.17, 15) is 4.79 Å².